The van der Waals surface area contributed by atoms with Crippen molar-refractivity contribution in [1.82, 2.24) is 14.9 Å². The second-order valence-corrected chi connectivity index (χ2v) is 6.50. The number of fused-ring (bicyclic) bond motifs is 1. The molecule has 27 heavy (non-hydrogen) atoms. The molecule has 0 aliphatic rings. The van der Waals surface area contributed by atoms with Gasteiger partial charge in [0.2, 0.25) is 0 Å². The second-order valence-electron chi connectivity index (χ2n) is 6.50. The molecule has 0 spiro atoms. The molecule has 2 aromatic carbocycles. The van der Waals surface area contributed by atoms with E-state index in [0.717, 1.165) is 11.1 Å². The van der Waals surface area contributed by atoms with E-state index in [1.54, 1.807) is 23.1 Å². The van der Waals surface area contributed by atoms with E-state index in [-0.39, 0.29) is 24.6 Å². The fraction of sp³-hybridized carbons (Fsp3) is 0.286. The quantitative estimate of drug-likeness (QED) is 0.729. The van der Waals surface area contributed by atoms with Crippen LogP contribution in [0, 0.1) is 13.8 Å². The number of hydrogen-bond donors (Lipinski definition) is 1. The van der Waals surface area contributed by atoms with Crippen LogP contribution in [0.4, 0.5) is 0 Å². The van der Waals surface area contributed by atoms with Gasteiger partial charge in [-0.05, 0) is 44.5 Å². The van der Waals surface area contributed by atoms with E-state index >= 15 is 0 Å². The number of aromatic amines is 1. The molecule has 0 atom stereocenters. The highest BCUT2D eigenvalue weighted by atomic mass is 16.5. The lowest BCUT2D eigenvalue weighted by Crippen LogP contribution is -2.35. The zero-order chi connectivity index (χ0) is 19.4. The Morgan fingerprint density at radius 1 is 1.19 bits per heavy atom. The largest absolute Gasteiger partial charge is 0.484 e. The van der Waals surface area contributed by atoms with Gasteiger partial charge >= 0.3 is 0 Å². The van der Waals surface area contributed by atoms with E-state index < -0.39 is 0 Å². The normalized spacial score (nSPS) is 10.8. The number of carbonyl (C=O) groups is 1. The highest BCUT2D eigenvalue weighted by Crippen LogP contribution is 2.18. The number of nitrogens with one attached hydrogen (secondary N) is 1. The summed E-state index contributed by atoms with van der Waals surface area (Å²) < 4.78 is 5.68. The van der Waals surface area contributed by atoms with Crippen molar-refractivity contribution >= 4 is 16.8 Å². The summed E-state index contributed by atoms with van der Waals surface area (Å²) in [6.45, 7) is 6.51. The Balaban J connectivity index is 1.71. The van der Waals surface area contributed by atoms with Gasteiger partial charge in [0.25, 0.3) is 11.5 Å². The Labute approximate surface area is 157 Å². The third kappa shape index (κ3) is 4.34. The molecule has 0 saturated carbocycles. The molecule has 1 N–H and O–H groups in total. The van der Waals surface area contributed by atoms with Crippen molar-refractivity contribution in [3.63, 3.8) is 0 Å². The van der Waals surface area contributed by atoms with Gasteiger partial charge in [-0.1, -0.05) is 29.8 Å². The molecule has 3 aromatic rings. The third-order valence-electron chi connectivity index (χ3n) is 4.42. The SMILES string of the molecule is CCN(Cc1nc2ccccc2c(=O)[nH]1)C(=O)COc1ccc(C)cc1C. The lowest BCUT2D eigenvalue weighted by molar-refractivity contribution is -0.133. The molecular weight excluding hydrogens is 342 g/mol. The molecule has 3 rings (SSSR count). The monoisotopic (exact) mass is 365 g/mol. The molecule has 6 nitrogen and oxygen atoms in total. The number of benzene rings is 2. The fourth-order valence-electron chi connectivity index (χ4n) is 2.96. The number of nitrogens with zero attached hydrogens (tertiary/aromatic N) is 2. The smallest absolute Gasteiger partial charge is 0.260 e. The zero-order valence-corrected chi connectivity index (χ0v) is 15.8. The van der Waals surface area contributed by atoms with Crippen LogP contribution in [-0.4, -0.2) is 33.9 Å². The number of H-pyrrole nitrogens is 1. The predicted octanol–water partition coefficient (Wildman–Crippen LogP) is 2.97. The van der Waals surface area contributed by atoms with Crippen LogP contribution in [0.15, 0.2) is 47.3 Å². The van der Waals surface area contributed by atoms with Crippen LogP contribution in [0.5, 0.6) is 5.75 Å². The van der Waals surface area contributed by atoms with E-state index in [1.807, 2.05) is 45.0 Å². The Morgan fingerprint density at radius 2 is 1.96 bits per heavy atom. The Kier molecular flexibility index (Phi) is 5.54. The molecule has 0 aliphatic heterocycles. The first kappa shape index (κ1) is 18.6. The number of rotatable bonds is 6. The van der Waals surface area contributed by atoms with Crippen molar-refractivity contribution in [2.75, 3.05) is 13.2 Å². The van der Waals surface area contributed by atoms with Crippen molar-refractivity contribution in [2.24, 2.45) is 0 Å². The summed E-state index contributed by atoms with van der Waals surface area (Å²) in [6.07, 6.45) is 0. The van der Waals surface area contributed by atoms with E-state index in [1.165, 1.54) is 0 Å². The van der Waals surface area contributed by atoms with Crippen LogP contribution in [0.1, 0.15) is 23.9 Å². The maximum atomic E-state index is 12.6. The van der Waals surface area contributed by atoms with Crippen molar-refractivity contribution in [3.8, 4) is 5.75 Å². The van der Waals surface area contributed by atoms with Gasteiger partial charge in [0.05, 0.1) is 17.4 Å². The first-order chi connectivity index (χ1) is 13.0. The molecule has 6 heteroatoms. The fourth-order valence-corrected chi connectivity index (χ4v) is 2.96. The number of carbonyl (C=O) groups excluding carboxylic acids is 1. The van der Waals surface area contributed by atoms with Gasteiger partial charge in [-0.2, -0.15) is 0 Å². The standard InChI is InChI=1S/C21H23N3O3/c1-4-24(20(25)13-27-18-10-9-14(2)11-15(18)3)12-19-22-17-8-6-5-7-16(17)21(26)23-19/h5-11H,4,12-13H2,1-3H3,(H,22,23,26). The number of ether oxygens (including phenoxy) is 1. The minimum atomic E-state index is -0.203. The molecule has 0 saturated heterocycles. The molecule has 140 valence electrons. The maximum absolute atomic E-state index is 12.6. The Morgan fingerprint density at radius 3 is 2.70 bits per heavy atom. The van der Waals surface area contributed by atoms with Gasteiger partial charge < -0.3 is 14.6 Å². The summed E-state index contributed by atoms with van der Waals surface area (Å²) >= 11 is 0. The molecule has 0 aliphatic carbocycles. The molecule has 0 bridgehead atoms. The molecule has 0 fully saturated rings. The van der Waals surface area contributed by atoms with Crippen LogP contribution in [0.25, 0.3) is 10.9 Å². The number of likely N-dealkylation sites (N-methyl/N-ethyl adjacent to an activating group) is 1. The predicted molar refractivity (Wildman–Crippen MR) is 105 cm³/mol. The first-order valence-electron chi connectivity index (χ1n) is 8.93. The zero-order valence-electron chi connectivity index (χ0n) is 15.8. The topological polar surface area (TPSA) is 75.3 Å². The highest BCUT2D eigenvalue weighted by molar-refractivity contribution is 5.78. The van der Waals surface area contributed by atoms with Crippen LogP contribution in [-0.2, 0) is 11.3 Å². The van der Waals surface area contributed by atoms with Crippen molar-refractivity contribution in [2.45, 2.75) is 27.3 Å². The van der Waals surface area contributed by atoms with Gasteiger partial charge in [0, 0.05) is 6.54 Å². The van der Waals surface area contributed by atoms with E-state index in [0.29, 0.717) is 29.0 Å². The number of amides is 1. The number of aryl methyl sites for hydroxylation is 2. The first-order valence-corrected chi connectivity index (χ1v) is 8.93. The van der Waals surface area contributed by atoms with Gasteiger partial charge in [-0.25, -0.2) is 4.98 Å². The molecular formula is C21H23N3O3. The molecule has 0 radical (unpaired) electrons. The van der Waals surface area contributed by atoms with E-state index in [9.17, 15) is 9.59 Å². The minimum Gasteiger partial charge on any atom is -0.484 e. The summed E-state index contributed by atoms with van der Waals surface area (Å²) in [7, 11) is 0. The lowest BCUT2D eigenvalue weighted by Gasteiger charge is -2.21. The van der Waals surface area contributed by atoms with Crippen molar-refractivity contribution in [1.29, 1.82) is 0 Å². The average Bonchev–Trinajstić information content (AvgIpc) is 2.65. The van der Waals surface area contributed by atoms with Crippen LogP contribution < -0.4 is 10.3 Å². The third-order valence-corrected chi connectivity index (χ3v) is 4.42. The molecule has 1 amide bonds. The Bertz CT molecular complexity index is 1030. The number of aromatic nitrogens is 2. The van der Waals surface area contributed by atoms with Gasteiger partial charge in [-0.15, -0.1) is 0 Å². The minimum absolute atomic E-state index is 0.0600. The summed E-state index contributed by atoms with van der Waals surface area (Å²) in [6, 6.07) is 13.0. The second kappa shape index (κ2) is 8.03. The van der Waals surface area contributed by atoms with Crippen LogP contribution >= 0.6 is 0 Å². The molecule has 0 unspecified atom stereocenters. The highest BCUT2D eigenvalue weighted by Gasteiger charge is 2.15. The van der Waals surface area contributed by atoms with Gasteiger partial charge in [-0.3, -0.25) is 9.59 Å². The van der Waals surface area contributed by atoms with Crippen LogP contribution in [0.3, 0.4) is 0 Å². The van der Waals surface area contributed by atoms with Crippen molar-refractivity contribution in [3.05, 3.63) is 69.8 Å². The van der Waals surface area contributed by atoms with Gasteiger partial charge in [0.1, 0.15) is 11.6 Å². The van der Waals surface area contributed by atoms with E-state index in [4.69, 9.17) is 4.74 Å². The molecule has 1 aromatic heterocycles. The average molecular weight is 365 g/mol. The van der Waals surface area contributed by atoms with E-state index in [2.05, 4.69) is 9.97 Å². The van der Waals surface area contributed by atoms with Gasteiger partial charge in [0.15, 0.2) is 6.61 Å². The number of hydrogen-bond acceptors (Lipinski definition) is 4. The van der Waals surface area contributed by atoms with Crippen molar-refractivity contribution < 1.29 is 9.53 Å². The summed E-state index contributed by atoms with van der Waals surface area (Å²) in [5.74, 6) is 0.996. The summed E-state index contributed by atoms with van der Waals surface area (Å²) in [5.41, 5.74) is 2.55. The summed E-state index contributed by atoms with van der Waals surface area (Å²) in [5, 5.41) is 0.536. The Hall–Kier alpha value is -3.15. The number of para-hydroxylation sites is 1. The lowest BCUT2D eigenvalue weighted by atomic mass is 10.1. The maximum Gasteiger partial charge on any atom is 0.260 e. The molecule has 1 heterocycles. The van der Waals surface area contributed by atoms with Crippen LogP contribution in [0.2, 0.25) is 0 Å². The summed E-state index contributed by atoms with van der Waals surface area (Å²) in [4.78, 5) is 33.6.